The predicted octanol–water partition coefficient (Wildman–Crippen LogP) is 2.84. The van der Waals surface area contributed by atoms with Gasteiger partial charge < -0.3 is 10.1 Å². The van der Waals surface area contributed by atoms with Gasteiger partial charge in [0.05, 0.1) is 0 Å². The molecule has 0 bridgehead atoms. The summed E-state index contributed by atoms with van der Waals surface area (Å²) in [5.41, 5.74) is 3.20. The lowest BCUT2D eigenvalue weighted by molar-refractivity contribution is -0.113. The van der Waals surface area contributed by atoms with E-state index in [1.807, 2.05) is 45.2 Å². The van der Waals surface area contributed by atoms with Crippen LogP contribution in [-0.4, -0.2) is 26.0 Å². The van der Waals surface area contributed by atoms with Crippen LogP contribution in [0.1, 0.15) is 31.9 Å². The first kappa shape index (κ1) is 15.4. The smallest absolute Gasteiger partial charge is 0.156 e. The van der Waals surface area contributed by atoms with E-state index in [0.717, 1.165) is 29.9 Å². The van der Waals surface area contributed by atoms with Gasteiger partial charge in [0.25, 0.3) is 0 Å². The van der Waals surface area contributed by atoms with Gasteiger partial charge in [-0.2, -0.15) is 0 Å². The molecule has 1 N–H and O–H groups in total. The Morgan fingerprint density at radius 1 is 1.37 bits per heavy atom. The number of hydrogen-bond donors (Lipinski definition) is 1. The third kappa shape index (κ3) is 4.21. The quantitative estimate of drug-likeness (QED) is 0.828. The molecule has 0 aromatic heterocycles. The van der Waals surface area contributed by atoms with Gasteiger partial charge in [0.2, 0.25) is 0 Å². The Bertz CT molecular complexity index is 464. The molecule has 104 valence electrons. The lowest BCUT2D eigenvalue weighted by Gasteiger charge is -2.07. The molecule has 3 nitrogen and oxygen atoms in total. The molecule has 1 aliphatic rings. The zero-order valence-corrected chi connectivity index (χ0v) is 12.2. The predicted molar refractivity (Wildman–Crippen MR) is 79.6 cm³/mol. The van der Waals surface area contributed by atoms with Gasteiger partial charge in [0, 0.05) is 13.0 Å². The highest BCUT2D eigenvalue weighted by Crippen LogP contribution is 2.28. The standard InChI is InChI=1S/C14H17NO2.C2H6/c1-10(16)12-7-11-3-4-14(9-13(11)8-12)17-6-5-15-2;1-2/h3-4,8-9,15H,5-7H2,1-2H3;1-2H3. The molecule has 0 atom stereocenters. The number of allylic oxidation sites excluding steroid dienone is 1. The number of carbonyl (C=O) groups is 1. The van der Waals surface area contributed by atoms with Crippen molar-refractivity contribution < 1.29 is 9.53 Å². The first-order chi connectivity index (χ1) is 9.20. The van der Waals surface area contributed by atoms with Gasteiger partial charge in [-0.15, -0.1) is 0 Å². The first-order valence-electron chi connectivity index (χ1n) is 6.82. The summed E-state index contributed by atoms with van der Waals surface area (Å²) in [5, 5.41) is 3.03. The van der Waals surface area contributed by atoms with E-state index in [9.17, 15) is 4.79 Å². The summed E-state index contributed by atoms with van der Waals surface area (Å²) < 4.78 is 5.59. The summed E-state index contributed by atoms with van der Waals surface area (Å²) >= 11 is 0. The third-order valence-electron chi connectivity index (χ3n) is 2.90. The Kier molecular flexibility index (Phi) is 6.30. The molecule has 0 amide bonds. The number of Topliss-reactive ketones (excluding diaryl/α,β-unsaturated/α-hetero) is 1. The minimum Gasteiger partial charge on any atom is -0.492 e. The minimum absolute atomic E-state index is 0.152. The summed E-state index contributed by atoms with van der Waals surface area (Å²) in [6.45, 7) is 7.09. The molecule has 3 heteroatoms. The van der Waals surface area contributed by atoms with Gasteiger partial charge in [-0.05, 0) is 48.9 Å². The van der Waals surface area contributed by atoms with Crippen molar-refractivity contribution in [3.8, 4) is 5.75 Å². The summed E-state index contributed by atoms with van der Waals surface area (Å²) in [4.78, 5) is 11.3. The number of nitrogens with one attached hydrogen (secondary N) is 1. The molecule has 0 aliphatic heterocycles. The molecular formula is C16H23NO2. The molecule has 0 heterocycles. The number of rotatable bonds is 5. The maximum atomic E-state index is 11.3. The van der Waals surface area contributed by atoms with Crippen LogP contribution in [0.2, 0.25) is 0 Å². The first-order valence-corrected chi connectivity index (χ1v) is 6.82. The number of ether oxygens (including phenoxy) is 1. The van der Waals surface area contributed by atoms with Crippen molar-refractivity contribution in [3.05, 3.63) is 34.9 Å². The van der Waals surface area contributed by atoms with E-state index < -0.39 is 0 Å². The number of fused-ring (bicyclic) bond motifs is 1. The van der Waals surface area contributed by atoms with Crippen molar-refractivity contribution in [2.45, 2.75) is 27.2 Å². The second-order valence-corrected chi connectivity index (χ2v) is 4.22. The maximum Gasteiger partial charge on any atom is 0.156 e. The Hall–Kier alpha value is -1.61. The van der Waals surface area contributed by atoms with Crippen LogP contribution in [-0.2, 0) is 11.2 Å². The molecule has 0 saturated carbocycles. The number of likely N-dealkylation sites (N-methyl/N-ethyl adjacent to an activating group) is 1. The highest BCUT2D eigenvalue weighted by atomic mass is 16.5. The number of carbonyl (C=O) groups excluding carboxylic acids is 1. The molecule has 0 radical (unpaired) electrons. The number of benzene rings is 1. The zero-order valence-electron chi connectivity index (χ0n) is 12.2. The van der Waals surface area contributed by atoms with E-state index in [1.54, 1.807) is 6.92 Å². The summed E-state index contributed by atoms with van der Waals surface area (Å²) in [6, 6.07) is 6.00. The van der Waals surface area contributed by atoms with Crippen LogP contribution in [0, 0.1) is 0 Å². The van der Waals surface area contributed by atoms with Gasteiger partial charge in [-0.1, -0.05) is 19.9 Å². The van der Waals surface area contributed by atoms with Crippen molar-refractivity contribution >= 4 is 11.9 Å². The van der Waals surface area contributed by atoms with E-state index in [4.69, 9.17) is 4.74 Å². The highest BCUT2D eigenvalue weighted by Gasteiger charge is 2.15. The molecule has 1 aliphatic carbocycles. The number of hydrogen-bond acceptors (Lipinski definition) is 3. The minimum atomic E-state index is 0.152. The van der Waals surface area contributed by atoms with Crippen molar-refractivity contribution in [2.75, 3.05) is 20.2 Å². The number of ketones is 1. The van der Waals surface area contributed by atoms with E-state index >= 15 is 0 Å². The van der Waals surface area contributed by atoms with Gasteiger partial charge in [0.1, 0.15) is 12.4 Å². The average Bonchev–Trinajstić information content (AvgIpc) is 2.85. The Balaban J connectivity index is 0.000000861. The summed E-state index contributed by atoms with van der Waals surface area (Å²) in [6.07, 6.45) is 2.71. The SMILES string of the molecule is CC.CNCCOc1ccc2c(c1)C=C(C(C)=O)C2. The monoisotopic (exact) mass is 261 g/mol. The van der Waals surface area contributed by atoms with Crippen LogP contribution in [0.25, 0.3) is 6.08 Å². The molecule has 2 rings (SSSR count). The molecule has 0 saturated heterocycles. The van der Waals surface area contributed by atoms with E-state index in [2.05, 4.69) is 5.32 Å². The normalized spacial score (nSPS) is 12.1. The van der Waals surface area contributed by atoms with Crippen LogP contribution in [0.15, 0.2) is 23.8 Å². The molecule has 1 aromatic carbocycles. The second-order valence-electron chi connectivity index (χ2n) is 4.22. The van der Waals surface area contributed by atoms with Crippen molar-refractivity contribution in [3.63, 3.8) is 0 Å². The molecule has 1 aromatic rings. The van der Waals surface area contributed by atoms with Gasteiger partial charge >= 0.3 is 0 Å². The maximum absolute atomic E-state index is 11.3. The zero-order chi connectivity index (χ0) is 14.3. The van der Waals surface area contributed by atoms with Crippen molar-refractivity contribution in [2.24, 2.45) is 0 Å². The van der Waals surface area contributed by atoms with Crippen LogP contribution in [0.3, 0.4) is 0 Å². The van der Waals surface area contributed by atoms with E-state index in [1.165, 1.54) is 5.56 Å². The van der Waals surface area contributed by atoms with Crippen LogP contribution in [0.5, 0.6) is 5.75 Å². The van der Waals surface area contributed by atoms with E-state index in [0.29, 0.717) is 6.61 Å². The lowest BCUT2D eigenvalue weighted by Crippen LogP contribution is -2.15. The fourth-order valence-corrected chi connectivity index (χ4v) is 1.90. The molecule has 0 spiro atoms. The van der Waals surface area contributed by atoms with Crippen LogP contribution < -0.4 is 10.1 Å². The van der Waals surface area contributed by atoms with Crippen LogP contribution >= 0.6 is 0 Å². The largest absolute Gasteiger partial charge is 0.492 e. The molecule has 19 heavy (non-hydrogen) atoms. The van der Waals surface area contributed by atoms with Gasteiger partial charge in [0.15, 0.2) is 5.78 Å². The third-order valence-corrected chi connectivity index (χ3v) is 2.90. The average molecular weight is 261 g/mol. The summed E-state index contributed by atoms with van der Waals surface area (Å²) in [7, 11) is 1.90. The van der Waals surface area contributed by atoms with Gasteiger partial charge in [-0.3, -0.25) is 4.79 Å². The highest BCUT2D eigenvalue weighted by molar-refractivity contribution is 6.00. The molecule has 0 unspecified atom stereocenters. The van der Waals surface area contributed by atoms with Crippen molar-refractivity contribution in [1.29, 1.82) is 0 Å². The van der Waals surface area contributed by atoms with Crippen molar-refractivity contribution in [1.82, 2.24) is 5.32 Å². The Morgan fingerprint density at radius 3 is 2.74 bits per heavy atom. The lowest BCUT2D eigenvalue weighted by atomic mass is 10.1. The van der Waals surface area contributed by atoms with Gasteiger partial charge in [-0.25, -0.2) is 0 Å². The second kappa shape index (κ2) is 7.74. The topological polar surface area (TPSA) is 38.3 Å². The summed E-state index contributed by atoms with van der Waals surface area (Å²) in [5.74, 6) is 1.01. The fraction of sp³-hybridized carbons (Fsp3) is 0.438. The Morgan fingerprint density at radius 2 is 2.11 bits per heavy atom. The Labute approximate surface area is 115 Å². The molecular weight excluding hydrogens is 238 g/mol. The molecule has 0 fully saturated rings. The van der Waals surface area contributed by atoms with E-state index in [-0.39, 0.29) is 5.78 Å². The van der Waals surface area contributed by atoms with Crippen LogP contribution in [0.4, 0.5) is 0 Å². The fourth-order valence-electron chi connectivity index (χ4n) is 1.90.